The first kappa shape index (κ1) is 15.4. The van der Waals surface area contributed by atoms with Crippen LogP contribution >= 0.6 is 11.8 Å². The van der Waals surface area contributed by atoms with Crippen molar-refractivity contribution in [3.8, 4) is 0 Å². The van der Waals surface area contributed by atoms with Crippen LogP contribution in [0.25, 0.3) is 0 Å². The highest BCUT2D eigenvalue weighted by atomic mass is 32.2. The molecule has 0 aliphatic carbocycles. The molecule has 1 aliphatic heterocycles. The van der Waals surface area contributed by atoms with Gasteiger partial charge in [0.15, 0.2) is 5.16 Å². The lowest BCUT2D eigenvalue weighted by Gasteiger charge is -2.36. The summed E-state index contributed by atoms with van der Waals surface area (Å²) in [5.74, 6) is 1.93. The minimum absolute atomic E-state index is 0.535. The van der Waals surface area contributed by atoms with Crippen LogP contribution in [0.3, 0.4) is 0 Å². The van der Waals surface area contributed by atoms with Gasteiger partial charge in [-0.2, -0.15) is 0 Å². The maximum Gasteiger partial charge on any atom is 0.191 e. The fourth-order valence-corrected chi connectivity index (χ4v) is 2.97. The lowest BCUT2D eigenvalue weighted by Crippen LogP contribution is -2.45. The molecule has 0 saturated carbocycles. The predicted octanol–water partition coefficient (Wildman–Crippen LogP) is 2.16. The largest absolute Gasteiger partial charge is 0.370 e. The Morgan fingerprint density at radius 1 is 1.50 bits per heavy atom. The monoisotopic (exact) mass is 295 g/mol. The van der Waals surface area contributed by atoms with Crippen LogP contribution in [-0.4, -0.2) is 60.9 Å². The van der Waals surface area contributed by atoms with Crippen LogP contribution in [0.2, 0.25) is 0 Å². The first-order chi connectivity index (χ1) is 9.63. The molecule has 1 fully saturated rings. The molecule has 1 aliphatic rings. The molecule has 0 aromatic carbocycles. The van der Waals surface area contributed by atoms with E-state index in [1.807, 2.05) is 6.26 Å². The topological polar surface area (TPSA) is 44.3 Å². The number of aromatic nitrogens is 2. The molecule has 1 N–H and O–H groups in total. The molecule has 2 heterocycles. The van der Waals surface area contributed by atoms with Gasteiger partial charge >= 0.3 is 0 Å². The molecular formula is C14H25N5S. The van der Waals surface area contributed by atoms with Gasteiger partial charge < -0.3 is 15.1 Å². The summed E-state index contributed by atoms with van der Waals surface area (Å²) in [4.78, 5) is 13.8. The zero-order valence-corrected chi connectivity index (χ0v) is 13.7. The van der Waals surface area contributed by atoms with E-state index in [9.17, 15) is 0 Å². The molecule has 0 radical (unpaired) electrons. The molecule has 6 heteroatoms. The van der Waals surface area contributed by atoms with Gasteiger partial charge in [0.1, 0.15) is 11.6 Å². The van der Waals surface area contributed by atoms with Gasteiger partial charge in [0.2, 0.25) is 0 Å². The van der Waals surface area contributed by atoms with Crippen molar-refractivity contribution in [2.24, 2.45) is 0 Å². The average Bonchev–Trinajstić information content (AvgIpc) is 2.46. The number of thioether (sulfide) groups is 1. The lowest BCUT2D eigenvalue weighted by atomic mass is 10.1. The number of nitrogens with one attached hydrogen (secondary N) is 1. The number of hydrogen-bond donors (Lipinski definition) is 1. The number of anilines is 2. The highest BCUT2D eigenvalue weighted by Gasteiger charge is 2.22. The van der Waals surface area contributed by atoms with E-state index in [0.717, 1.165) is 29.9 Å². The zero-order chi connectivity index (χ0) is 14.5. The molecule has 1 unspecified atom stereocenters. The standard InChI is InChI=1S/C14H25N5S/c1-5-15-12-9-13(17-14(16-12)20-4)19(3)11-7-6-8-18(2)10-11/h9,11H,5-8,10H2,1-4H3,(H,15,16,17). The van der Waals surface area contributed by atoms with E-state index in [1.54, 1.807) is 11.8 Å². The van der Waals surface area contributed by atoms with E-state index in [2.05, 4.69) is 52.2 Å². The summed E-state index contributed by atoms with van der Waals surface area (Å²) in [5.41, 5.74) is 0. The Bertz CT molecular complexity index is 440. The summed E-state index contributed by atoms with van der Waals surface area (Å²) >= 11 is 1.59. The Labute approximate surface area is 126 Å². The molecule has 1 atom stereocenters. The summed E-state index contributed by atoms with van der Waals surface area (Å²) in [7, 11) is 4.34. The van der Waals surface area contributed by atoms with E-state index in [1.165, 1.54) is 19.4 Å². The summed E-state index contributed by atoms with van der Waals surface area (Å²) in [5, 5.41) is 4.12. The van der Waals surface area contributed by atoms with Crippen LogP contribution in [0.15, 0.2) is 11.2 Å². The maximum absolute atomic E-state index is 4.65. The molecular weight excluding hydrogens is 270 g/mol. The number of piperidine rings is 1. The van der Waals surface area contributed by atoms with Gasteiger partial charge in [-0.15, -0.1) is 0 Å². The van der Waals surface area contributed by atoms with Crippen LogP contribution in [-0.2, 0) is 0 Å². The molecule has 5 nitrogen and oxygen atoms in total. The molecule has 1 aromatic rings. The third kappa shape index (κ3) is 3.76. The van der Waals surface area contributed by atoms with Crippen LogP contribution in [0.4, 0.5) is 11.6 Å². The fraction of sp³-hybridized carbons (Fsp3) is 0.714. The van der Waals surface area contributed by atoms with Gasteiger partial charge in [0.05, 0.1) is 0 Å². The predicted molar refractivity (Wildman–Crippen MR) is 86.9 cm³/mol. The van der Waals surface area contributed by atoms with Crippen molar-refractivity contribution >= 4 is 23.4 Å². The number of likely N-dealkylation sites (tertiary alicyclic amines) is 1. The van der Waals surface area contributed by atoms with Crippen molar-refractivity contribution in [1.82, 2.24) is 14.9 Å². The van der Waals surface area contributed by atoms with Crippen molar-refractivity contribution in [2.75, 3.05) is 50.2 Å². The Kier molecular flexibility index (Phi) is 5.48. The smallest absolute Gasteiger partial charge is 0.191 e. The first-order valence-corrected chi connectivity index (χ1v) is 8.44. The summed E-state index contributed by atoms with van der Waals surface area (Å²) in [6.07, 6.45) is 4.51. The third-order valence-electron chi connectivity index (χ3n) is 3.74. The second-order valence-corrected chi connectivity index (χ2v) is 6.07. The molecule has 2 rings (SSSR count). The lowest BCUT2D eigenvalue weighted by molar-refractivity contribution is 0.247. The second kappa shape index (κ2) is 7.13. The van der Waals surface area contributed by atoms with Gasteiger partial charge in [0, 0.05) is 32.2 Å². The molecule has 0 spiro atoms. The van der Waals surface area contributed by atoms with Gasteiger partial charge in [-0.3, -0.25) is 0 Å². The van der Waals surface area contributed by atoms with E-state index in [-0.39, 0.29) is 0 Å². The maximum atomic E-state index is 4.65. The normalized spacial score (nSPS) is 19.9. The van der Waals surface area contributed by atoms with E-state index < -0.39 is 0 Å². The van der Waals surface area contributed by atoms with Crippen LogP contribution in [0.1, 0.15) is 19.8 Å². The Morgan fingerprint density at radius 3 is 2.95 bits per heavy atom. The SMILES string of the molecule is CCNc1cc(N(C)C2CCCN(C)C2)nc(SC)n1. The number of nitrogens with zero attached hydrogens (tertiary/aromatic N) is 4. The van der Waals surface area contributed by atoms with Crippen molar-refractivity contribution in [2.45, 2.75) is 31.0 Å². The molecule has 20 heavy (non-hydrogen) atoms. The van der Waals surface area contributed by atoms with Gasteiger partial charge in [0.25, 0.3) is 0 Å². The van der Waals surface area contributed by atoms with Crippen molar-refractivity contribution < 1.29 is 0 Å². The fourth-order valence-electron chi connectivity index (χ4n) is 2.60. The highest BCUT2D eigenvalue weighted by Crippen LogP contribution is 2.23. The zero-order valence-electron chi connectivity index (χ0n) is 12.9. The minimum Gasteiger partial charge on any atom is -0.370 e. The van der Waals surface area contributed by atoms with E-state index in [4.69, 9.17) is 0 Å². The van der Waals surface area contributed by atoms with Gasteiger partial charge in [-0.25, -0.2) is 9.97 Å². The minimum atomic E-state index is 0.535. The Balaban J connectivity index is 2.19. The quantitative estimate of drug-likeness (QED) is 0.663. The first-order valence-electron chi connectivity index (χ1n) is 7.22. The summed E-state index contributed by atoms with van der Waals surface area (Å²) < 4.78 is 0. The summed E-state index contributed by atoms with van der Waals surface area (Å²) in [6.45, 7) is 5.26. The van der Waals surface area contributed by atoms with Crippen LogP contribution in [0, 0.1) is 0 Å². The number of rotatable bonds is 5. The highest BCUT2D eigenvalue weighted by molar-refractivity contribution is 7.98. The van der Waals surface area contributed by atoms with Crippen molar-refractivity contribution in [3.63, 3.8) is 0 Å². The van der Waals surface area contributed by atoms with Crippen molar-refractivity contribution in [1.29, 1.82) is 0 Å². The van der Waals surface area contributed by atoms with Crippen LogP contribution < -0.4 is 10.2 Å². The Hall–Kier alpha value is -1.01. The molecule has 0 bridgehead atoms. The van der Waals surface area contributed by atoms with Crippen molar-refractivity contribution in [3.05, 3.63) is 6.07 Å². The molecule has 1 saturated heterocycles. The summed E-state index contributed by atoms with van der Waals surface area (Å²) in [6, 6.07) is 2.59. The van der Waals surface area contributed by atoms with E-state index in [0.29, 0.717) is 6.04 Å². The number of hydrogen-bond acceptors (Lipinski definition) is 6. The Morgan fingerprint density at radius 2 is 2.30 bits per heavy atom. The molecule has 112 valence electrons. The molecule has 0 amide bonds. The second-order valence-electron chi connectivity index (χ2n) is 5.30. The van der Waals surface area contributed by atoms with Gasteiger partial charge in [-0.05, 0) is 39.6 Å². The molecule has 1 aromatic heterocycles. The average molecular weight is 295 g/mol. The van der Waals surface area contributed by atoms with Crippen LogP contribution in [0.5, 0.6) is 0 Å². The third-order valence-corrected chi connectivity index (χ3v) is 4.29. The van der Waals surface area contributed by atoms with E-state index >= 15 is 0 Å². The van der Waals surface area contributed by atoms with Gasteiger partial charge in [-0.1, -0.05) is 11.8 Å². The number of likely N-dealkylation sites (N-methyl/N-ethyl adjacent to an activating group) is 2.